The van der Waals surface area contributed by atoms with E-state index in [0.717, 1.165) is 16.8 Å². The molecule has 0 aliphatic carbocycles. The van der Waals surface area contributed by atoms with Crippen LogP contribution in [0, 0.1) is 26.7 Å². The quantitative estimate of drug-likeness (QED) is 0.671. The summed E-state index contributed by atoms with van der Waals surface area (Å²) in [6.07, 6.45) is 1.04. The molecule has 9 heteroatoms. The van der Waals surface area contributed by atoms with Gasteiger partial charge in [0.15, 0.2) is 6.10 Å². The van der Waals surface area contributed by atoms with Crippen LogP contribution in [0.15, 0.2) is 35.2 Å². The molecule has 8 nitrogen and oxygen atoms in total. The number of sulfonamides is 1. The number of nitrogens with zero attached hydrogens (tertiary/aromatic N) is 1. The zero-order valence-electron chi connectivity index (χ0n) is 20.0. The second kappa shape index (κ2) is 9.38. The lowest BCUT2D eigenvalue weighted by molar-refractivity contribution is -0.123. The van der Waals surface area contributed by atoms with E-state index in [1.807, 2.05) is 39.0 Å². The molecule has 2 aromatic rings. The van der Waals surface area contributed by atoms with Crippen molar-refractivity contribution in [1.29, 1.82) is 0 Å². The normalized spacial score (nSPS) is 20.8. The van der Waals surface area contributed by atoms with Gasteiger partial charge in [-0.05, 0) is 63.3 Å². The van der Waals surface area contributed by atoms with Gasteiger partial charge in [0.2, 0.25) is 15.9 Å². The lowest BCUT2D eigenvalue weighted by atomic mass is 9.98. The Labute approximate surface area is 200 Å². The molecule has 2 aliphatic rings. The van der Waals surface area contributed by atoms with Crippen LogP contribution in [0.2, 0.25) is 0 Å². The van der Waals surface area contributed by atoms with Crippen LogP contribution in [0.1, 0.15) is 42.9 Å². The van der Waals surface area contributed by atoms with Crippen molar-refractivity contribution in [2.45, 2.75) is 58.0 Å². The van der Waals surface area contributed by atoms with Crippen molar-refractivity contribution >= 4 is 33.2 Å². The van der Waals surface area contributed by atoms with Gasteiger partial charge in [-0.3, -0.25) is 9.59 Å². The first-order valence-corrected chi connectivity index (χ1v) is 13.0. The van der Waals surface area contributed by atoms with Gasteiger partial charge in [0.1, 0.15) is 5.75 Å². The Morgan fingerprint density at radius 2 is 1.94 bits per heavy atom. The van der Waals surface area contributed by atoms with Gasteiger partial charge < -0.3 is 15.4 Å². The fourth-order valence-electron chi connectivity index (χ4n) is 4.53. The van der Waals surface area contributed by atoms with Crippen LogP contribution in [0.4, 0.5) is 11.4 Å². The maximum atomic E-state index is 13.6. The minimum atomic E-state index is -3.86. The predicted molar refractivity (Wildman–Crippen MR) is 131 cm³/mol. The number of carbonyl (C=O) groups is 2. The highest BCUT2D eigenvalue weighted by Crippen LogP contribution is 2.36. The largest absolute Gasteiger partial charge is 0.478 e. The van der Waals surface area contributed by atoms with Crippen molar-refractivity contribution < 1.29 is 22.7 Å². The standard InChI is InChI=1S/C25H31N3O5S/c1-5-21-25(30)27-20-12-17(4)23(13-22(20)33-21)34(31,32)28-10-6-7-18(14-28)24(29)26-19-9-8-15(2)11-16(19)3/h8-9,11-13,18,21H,5-7,10,14H2,1-4H3,(H,26,29)(H,27,30)/t18-,21+/m0/s1. The maximum Gasteiger partial charge on any atom is 0.265 e. The van der Waals surface area contributed by atoms with Gasteiger partial charge >= 0.3 is 0 Å². The summed E-state index contributed by atoms with van der Waals surface area (Å²) in [6.45, 7) is 7.92. The molecule has 2 atom stereocenters. The Kier molecular flexibility index (Phi) is 6.69. The highest BCUT2D eigenvalue weighted by Gasteiger charge is 2.36. The second-order valence-electron chi connectivity index (χ2n) is 9.13. The SMILES string of the molecule is CC[C@H]1Oc2cc(S(=O)(=O)N3CCC[C@H](C(=O)Nc4ccc(C)cc4C)C3)c(C)cc2NC1=O. The number of fused-ring (bicyclic) bond motifs is 1. The molecule has 0 bridgehead atoms. The number of benzene rings is 2. The van der Waals surface area contributed by atoms with E-state index < -0.39 is 22.0 Å². The maximum absolute atomic E-state index is 13.6. The molecule has 34 heavy (non-hydrogen) atoms. The van der Waals surface area contributed by atoms with E-state index >= 15 is 0 Å². The van der Waals surface area contributed by atoms with E-state index in [9.17, 15) is 18.0 Å². The average Bonchev–Trinajstić information content (AvgIpc) is 2.80. The van der Waals surface area contributed by atoms with Crippen LogP contribution in [0.25, 0.3) is 0 Å². The molecule has 2 heterocycles. The Morgan fingerprint density at radius 3 is 2.65 bits per heavy atom. The lowest BCUT2D eigenvalue weighted by Gasteiger charge is -2.32. The summed E-state index contributed by atoms with van der Waals surface area (Å²) in [5, 5.41) is 5.75. The first-order valence-electron chi connectivity index (χ1n) is 11.6. The number of ether oxygens (including phenoxy) is 1. The van der Waals surface area contributed by atoms with Crippen LogP contribution in [0.5, 0.6) is 5.75 Å². The van der Waals surface area contributed by atoms with Crippen molar-refractivity contribution in [2.75, 3.05) is 23.7 Å². The van der Waals surface area contributed by atoms with Gasteiger partial charge in [-0.15, -0.1) is 0 Å². The second-order valence-corrected chi connectivity index (χ2v) is 11.0. The molecule has 182 valence electrons. The molecule has 4 rings (SSSR count). The van der Waals surface area contributed by atoms with Gasteiger partial charge in [0.05, 0.1) is 16.5 Å². The third-order valence-electron chi connectivity index (χ3n) is 6.48. The van der Waals surface area contributed by atoms with Crippen LogP contribution >= 0.6 is 0 Å². The van der Waals surface area contributed by atoms with Crippen LogP contribution in [0.3, 0.4) is 0 Å². The monoisotopic (exact) mass is 485 g/mol. The van der Waals surface area contributed by atoms with Crippen molar-refractivity contribution in [3.63, 3.8) is 0 Å². The van der Waals surface area contributed by atoms with E-state index in [0.29, 0.717) is 42.8 Å². The molecule has 2 amide bonds. The number of amides is 2. The number of rotatable bonds is 5. The first kappa shape index (κ1) is 24.2. The van der Waals surface area contributed by atoms with E-state index in [1.165, 1.54) is 10.4 Å². The fraction of sp³-hybridized carbons (Fsp3) is 0.440. The zero-order chi connectivity index (χ0) is 24.6. The summed E-state index contributed by atoms with van der Waals surface area (Å²) < 4.78 is 34.3. The Hall–Kier alpha value is -2.91. The van der Waals surface area contributed by atoms with Gasteiger partial charge in [-0.1, -0.05) is 24.6 Å². The third kappa shape index (κ3) is 4.67. The fourth-order valence-corrected chi connectivity index (χ4v) is 6.28. The number of aryl methyl sites for hydroxylation is 3. The van der Waals surface area contributed by atoms with E-state index in [-0.39, 0.29) is 23.3 Å². The minimum Gasteiger partial charge on any atom is -0.478 e. The van der Waals surface area contributed by atoms with Crippen LogP contribution < -0.4 is 15.4 Å². The van der Waals surface area contributed by atoms with Crippen molar-refractivity contribution in [2.24, 2.45) is 5.92 Å². The van der Waals surface area contributed by atoms with Crippen molar-refractivity contribution in [3.05, 3.63) is 47.0 Å². The lowest BCUT2D eigenvalue weighted by Crippen LogP contribution is -2.44. The topological polar surface area (TPSA) is 105 Å². The summed E-state index contributed by atoms with van der Waals surface area (Å²) >= 11 is 0. The number of hydrogen-bond acceptors (Lipinski definition) is 5. The Balaban J connectivity index is 1.55. The molecule has 0 radical (unpaired) electrons. The number of anilines is 2. The van der Waals surface area contributed by atoms with Gasteiger partial charge in [0, 0.05) is 24.8 Å². The summed E-state index contributed by atoms with van der Waals surface area (Å²) in [5.41, 5.74) is 3.80. The summed E-state index contributed by atoms with van der Waals surface area (Å²) in [5.74, 6) is -0.511. The summed E-state index contributed by atoms with van der Waals surface area (Å²) in [4.78, 5) is 25.2. The minimum absolute atomic E-state index is 0.116. The average molecular weight is 486 g/mol. The van der Waals surface area contributed by atoms with E-state index in [2.05, 4.69) is 10.6 Å². The van der Waals surface area contributed by atoms with Gasteiger partial charge in [-0.2, -0.15) is 4.31 Å². The molecular weight excluding hydrogens is 454 g/mol. The summed E-state index contributed by atoms with van der Waals surface area (Å²) in [7, 11) is -3.86. The zero-order valence-corrected chi connectivity index (χ0v) is 20.8. The highest BCUT2D eigenvalue weighted by atomic mass is 32.2. The molecule has 2 N–H and O–H groups in total. The van der Waals surface area contributed by atoms with Crippen LogP contribution in [-0.4, -0.2) is 43.7 Å². The van der Waals surface area contributed by atoms with Gasteiger partial charge in [-0.25, -0.2) is 8.42 Å². The molecule has 0 saturated carbocycles. The molecule has 0 spiro atoms. The Bertz CT molecular complexity index is 1240. The van der Waals surface area contributed by atoms with Crippen LogP contribution in [-0.2, 0) is 19.6 Å². The van der Waals surface area contributed by atoms with E-state index in [1.54, 1.807) is 13.0 Å². The first-order chi connectivity index (χ1) is 16.1. The molecule has 2 aromatic carbocycles. The molecule has 0 unspecified atom stereocenters. The number of nitrogens with one attached hydrogen (secondary N) is 2. The summed E-state index contributed by atoms with van der Waals surface area (Å²) in [6, 6.07) is 8.92. The number of hydrogen-bond donors (Lipinski definition) is 2. The van der Waals surface area contributed by atoms with E-state index in [4.69, 9.17) is 4.74 Å². The molecule has 0 aromatic heterocycles. The molecular formula is C25H31N3O5S. The predicted octanol–water partition coefficient (Wildman–Crippen LogP) is 3.76. The number of carbonyl (C=O) groups excluding carboxylic acids is 2. The highest BCUT2D eigenvalue weighted by molar-refractivity contribution is 7.89. The molecule has 2 aliphatic heterocycles. The Morgan fingerprint density at radius 1 is 1.18 bits per heavy atom. The van der Waals surface area contributed by atoms with Crippen molar-refractivity contribution in [1.82, 2.24) is 4.31 Å². The third-order valence-corrected chi connectivity index (χ3v) is 8.49. The van der Waals surface area contributed by atoms with Crippen molar-refractivity contribution in [3.8, 4) is 5.75 Å². The smallest absolute Gasteiger partial charge is 0.265 e. The van der Waals surface area contributed by atoms with Gasteiger partial charge in [0.25, 0.3) is 5.91 Å². The molecule has 1 saturated heterocycles. The number of piperidine rings is 1. The molecule has 1 fully saturated rings.